The molecule has 10 heteroatoms. The number of phenols is 1. The number of allylic oxidation sites excluding steroid dienone is 2. The van der Waals surface area contributed by atoms with Gasteiger partial charge >= 0.3 is 0 Å². The number of methoxy groups -OCH3 is 1. The van der Waals surface area contributed by atoms with Crippen molar-refractivity contribution in [3.63, 3.8) is 0 Å². The molecule has 56 heavy (non-hydrogen) atoms. The van der Waals surface area contributed by atoms with Gasteiger partial charge in [-0.05, 0) is 79.5 Å². The highest BCUT2D eigenvalue weighted by molar-refractivity contribution is 6.13. The van der Waals surface area contributed by atoms with E-state index in [1.807, 2.05) is 79.7 Å². The molecule has 2 N–H and O–H groups in total. The fourth-order valence-corrected chi connectivity index (χ4v) is 10.6. The molecule has 0 spiro atoms. The number of piperidine rings is 1. The Morgan fingerprint density at radius 3 is 2.21 bits per heavy atom. The molecular weight excluding hydrogens is 705 g/mol. The number of likely N-dealkylation sites (tertiary alicyclic amines) is 2. The molecule has 0 aromatic heterocycles. The summed E-state index contributed by atoms with van der Waals surface area (Å²) in [7, 11) is 1.48. The molecular formula is C46H46N4O6. The number of carbonyl (C=O) groups is 4. The number of ether oxygens (including phenoxy) is 1. The summed E-state index contributed by atoms with van der Waals surface area (Å²) >= 11 is 0. The maximum absolute atomic E-state index is 15.4. The molecule has 4 aromatic rings. The Bertz CT molecular complexity index is 2220. The molecule has 0 radical (unpaired) electrons. The third kappa shape index (κ3) is 5.64. The average molecular weight is 751 g/mol. The van der Waals surface area contributed by atoms with Gasteiger partial charge in [0.25, 0.3) is 11.8 Å². The van der Waals surface area contributed by atoms with E-state index < -0.39 is 40.9 Å². The van der Waals surface area contributed by atoms with Crippen molar-refractivity contribution in [1.82, 2.24) is 14.8 Å². The second-order valence-corrected chi connectivity index (χ2v) is 16.1. The SMILES string of the molecule is COc1cc(C2C3=CCC4C(=O)N(C5CCN(Cc6ccccc6)CC5)C(=O)C4C3CC3C(=O)N(Nc4ccc(C)cc4)C(=O)C32c2ccccc2)ccc1O. The van der Waals surface area contributed by atoms with Gasteiger partial charge in [-0.3, -0.25) is 34.4 Å². The van der Waals surface area contributed by atoms with Gasteiger partial charge in [-0.1, -0.05) is 96.1 Å². The summed E-state index contributed by atoms with van der Waals surface area (Å²) in [6.07, 6.45) is 4.07. The second-order valence-electron chi connectivity index (χ2n) is 16.1. The van der Waals surface area contributed by atoms with Crippen molar-refractivity contribution in [1.29, 1.82) is 0 Å². The van der Waals surface area contributed by atoms with Crippen molar-refractivity contribution in [2.45, 2.75) is 56.5 Å². The maximum atomic E-state index is 15.4. The van der Waals surface area contributed by atoms with Gasteiger partial charge in [-0.25, -0.2) is 0 Å². The fraction of sp³-hybridized carbons (Fsp3) is 0.348. The first-order valence-electron chi connectivity index (χ1n) is 19.7. The molecule has 9 rings (SSSR count). The molecule has 4 aromatic carbocycles. The van der Waals surface area contributed by atoms with Gasteiger partial charge in [0.1, 0.15) is 0 Å². The van der Waals surface area contributed by atoms with Gasteiger partial charge in [0.15, 0.2) is 11.5 Å². The first-order chi connectivity index (χ1) is 27.2. The topological polar surface area (TPSA) is 119 Å². The molecule has 2 aliphatic carbocycles. The van der Waals surface area contributed by atoms with E-state index in [-0.39, 0.29) is 41.7 Å². The summed E-state index contributed by atoms with van der Waals surface area (Å²) in [5.41, 5.74) is 6.87. The first-order valence-corrected chi connectivity index (χ1v) is 19.7. The molecule has 0 bridgehead atoms. The van der Waals surface area contributed by atoms with Crippen LogP contribution in [0.2, 0.25) is 0 Å². The molecule has 286 valence electrons. The van der Waals surface area contributed by atoms with Crippen LogP contribution >= 0.6 is 0 Å². The van der Waals surface area contributed by atoms with E-state index in [1.54, 1.807) is 23.1 Å². The zero-order chi connectivity index (χ0) is 38.7. The summed E-state index contributed by atoms with van der Waals surface area (Å²) in [6, 6.07) is 32.2. The van der Waals surface area contributed by atoms with Crippen LogP contribution in [0.4, 0.5) is 5.69 Å². The summed E-state index contributed by atoms with van der Waals surface area (Å²) in [5.74, 6) is -4.10. The number of imide groups is 2. The van der Waals surface area contributed by atoms with Crippen molar-refractivity contribution in [3.05, 3.63) is 137 Å². The van der Waals surface area contributed by atoms with E-state index in [2.05, 4.69) is 28.5 Å². The number of anilines is 1. The number of hydrogen-bond acceptors (Lipinski definition) is 8. The third-order valence-corrected chi connectivity index (χ3v) is 13.1. The number of fused-ring (bicyclic) bond motifs is 4. The highest BCUT2D eigenvalue weighted by Crippen LogP contribution is 2.64. The van der Waals surface area contributed by atoms with E-state index in [9.17, 15) is 19.5 Å². The van der Waals surface area contributed by atoms with E-state index >= 15 is 4.79 Å². The molecule has 6 atom stereocenters. The highest BCUT2D eigenvalue weighted by atomic mass is 16.5. The van der Waals surface area contributed by atoms with Crippen LogP contribution in [0.15, 0.2) is 115 Å². The lowest BCUT2D eigenvalue weighted by atomic mass is 9.49. The van der Waals surface area contributed by atoms with Crippen molar-refractivity contribution in [2.24, 2.45) is 23.7 Å². The lowest BCUT2D eigenvalue weighted by Gasteiger charge is -2.50. The van der Waals surface area contributed by atoms with Crippen LogP contribution in [0.25, 0.3) is 0 Å². The van der Waals surface area contributed by atoms with Gasteiger partial charge in [0.05, 0.1) is 36.0 Å². The zero-order valence-corrected chi connectivity index (χ0v) is 31.6. The number of benzene rings is 4. The van der Waals surface area contributed by atoms with Crippen LogP contribution in [0.5, 0.6) is 11.5 Å². The second kappa shape index (κ2) is 14.1. The standard InChI is InChI=1S/C46H46N4O6/c1-28-13-16-32(17-14-28)47-50-43(53)37-26-36-34(41(30-15-20-38(51)39(25-30)56-2)46(37,45(50)55)31-11-7-4-8-12-31)18-19-35-40(36)44(54)49(42(35)52)33-21-23-48(24-22-33)27-29-9-5-3-6-10-29/h3-18,20,25,33,35-37,40-41,47,51H,19,21-24,26-27H2,1-2H3. The number of nitrogens with one attached hydrogen (secondary N) is 1. The van der Waals surface area contributed by atoms with E-state index in [1.165, 1.54) is 17.7 Å². The minimum Gasteiger partial charge on any atom is -0.504 e. The Labute approximate surface area is 326 Å². The molecule has 5 aliphatic rings. The number of phenolic OH excluding ortho intramolecular Hbond substituents is 1. The predicted molar refractivity (Wildman–Crippen MR) is 210 cm³/mol. The Morgan fingerprint density at radius 1 is 0.821 bits per heavy atom. The van der Waals surface area contributed by atoms with Gasteiger partial charge in [0.2, 0.25) is 11.8 Å². The molecule has 6 unspecified atom stereocenters. The number of hydrogen-bond donors (Lipinski definition) is 2. The summed E-state index contributed by atoms with van der Waals surface area (Å²) in [6.45, 7) is 4.36. The lowest BCUT2D eigenvalue weighted by molar-refractivity contribution is -0.144. The van der Waals surface area contributed by atoms with Gasteiger partial charge in [-0.15, -0.1) is 0 Å². The van der Waals surface area contributed by atoms with Crippen molar-refractivity contribution < 1.29 is 29.0 Å². The zero-order valence-electron chi connectivity index (χ0n) is 31.6. The fourth-order valence-electron chi connectivity index (χ4n) is 10.6. The van der Waals surface area contributed by atoms with Crippen LogP contribution in [-0.2, 0) is 31.1 Å². The Kier molecular flexibility index (Phi) is 9.04. The van der Waals surface area contributed by atoms with Crippen LogP contribution in [0.1, 0.15) is 53.9 Å². The normalized spacial score (nSPS) is 27.8. The van der Waals surface area contributed by atoms with Crippen molar-refractivity contribution in [2.75, 3.05) is 25.6 Å². The van der Waals surface area contributed by atoms with E-state index in [0.29, 0.717) is 36.1 Å². The minimum absolute atomic E-state index is 0.0508. The van der Waals surface area contributed by atoms with Gasteiger partial charge < -0.3 is 9.84 Å². The van der Waals surface area contributed by atoms with Crippen LogP contribution < -0.4 is 10.2 Å². The smallest absolute Gasteiger partial charge is 0.260 e. The van der Waals surface area contributed by atoms with Gasteiger partial charge in [0, 0.05) is 31.6 Å². The largest absolute Gasteiger partial charge is 0.504 e. The average Bonchev–Trinajstić information content (AvgIpc) is 3.60. The molecule has 3 heterocycles. The monoisotopic (exact) mass is 750 g/mol. The lowest BCUT2D eigenvalue weighted by Crippen LogP contribution is -2.53. The van der Waals surface area contributed by atoms with E-state index in [0.717, 1.165) is 30.8 Å². The Balaban J connectivity index is 1.11. The number of amides is 4. The first kappa shape index (κ1) is 35.9. The highest BCUT2D eigenvalue weighted by Gasteiger charge is 2.70. The summed E-state index contributed by atoms with van der Waals surface area (Å²) in [4.78, 5) is 63.4. The predicted octanol–water partition coefficient (Wildman–Crippen LogP) is 6.36. The van der Waals surface area contributed by atoms with Crippen molar-refractivity contribution >= 4 is 29.3 Å². The molecule has 3 saturated heterocycles. The number of hydrazine groups is 1. The number of rotatable bonds is 8. The molecule has 10 nitrogen and oxygen atoms in total. The number of carbonyl (C=O) groups excluding carboxylic acids is 4. The molecule has 4 fully saturated rings. The molecule has 3 aliphatic heterocycles. The third-order valence-electron chi connectivity index (χ3n) is 13.1. The number of aryl methyl sites for hydroxylation is 1. The quantitative estimate of drug-likeness (QED) is 0.158. The minimum atomic E-state index is -1.40. The summed E-state index contributed by atoms with van der Waals surface area (Å²) in [5, 5.41) is 11.9. The van der Waals surface area contributed by atoms with Crippen molar-refractivity contribution in [3.8, 4) is 11.5 Å². The van der Waals surface area contributed by atoms with Crippen LogP contribution in [0, 0.1) is 30.6 Å². The summed E-state index contributed by atoms with van der Waals surface area (Å²) < 4.78 is 5.59. The Hall–Kier alpha value is -5.74. The number of aromatic hydroxyl groups is 1. The molecule has 1 saturated carbocycles. The number of nitrogens with zero attached hydrogens (tertiary/aromatic N) is 3. The van der Waals surface area contributed by atoms with Gasteiger partial charge in [-0.2, -0.15) is 5.01 Å². The molecule has 4 amide bonds. The van der Waals surface area contributed by atoms with Crippen LogP contribution in [-0.4, -0.2) is 69.8 Å². The Morgan fingerprint density at radius 2 is 1.52 bits per heavy atom. The van der Waals surface area contributed by atoms with E-state index in [4.69, 9.17) is 4.74 Å². The van der Waals surface area contributed by atoms with Crippen LogP contribution in [0.3, 0.4) is 0 Å². The maximum Gasteiger partial charge on any atom is 0.260 e.